The number of nitrogens with zero attached hydrogens (tertiary/aromatic N) is 1. The number of methoxy groups -OCH3 is 1. The van der Waals surface area contributed by atoms with Crippen LogP contribution in [0.15, 0.2) is 76.1 Å². The Morgan fingerprint density at radius 1 is 1.03 bits per heavy atom. The summed E-state index contributed by atoms with van der Waals surface area (Å²) in [4.78, 5) is 16.3. The molecule has 4 rings (SSSR count). The van der Waals surface area contributed by atoms with Crippen molar-refractivity contribution >= 4 is 5.69 Å². The van der Waals surface area contributed by atoms with E-state index in [0.29, 0.717) is 12.3 Å². The minimum atomic E-state index is -0.219. The Morgan fingerprint density at radius 3 is 2.45 bits per heavy atom. The van der Waals surface area contributed by atoms with Gasteiger partial charge in [-0.1, -0.05) is 42.5 Å². The highest BCUT2D eigenvalue weighted by molar-refractivity contribution is 5.58. The number of ether oxygens (including phenoxy) is 2. The first-order valence-electron chi connectivity index (χ1n) is 10.7. The number of para-hydroxylation sites is 2. The maximum atomic E-state index is 12.5. The normalized spacial score (nSPS) is 15.5. The molecule has 6 nitrogen and oxygen atoms in total. The average Bonchev–Trinajstić information content (AvgIpc) is 2.82. The van der Waals surface area contributed by atoms with Crippen molar-refractivity contribution in [2.45, 2.75) is 19.6 Å². The maximum Gasteiger partial charge on any atom is 0.227 e. The molecular formula is C25H29N2O4+. The lowest BCUT2D eigenvalue weighted by molar-refractivity contribution is -0.915. The van der Waals surface area contributed by atoms with E-state index >= 15 is 0 Å². The topological polar surface area (TPSA) is 56.4 Å². The highest BCUT2D eigenvalue weighted by Gasteiger charge is 2.23. The van der Waals surface area contributed by atoms with E-state index in [2.05, 4.69) is 11.0 Å². The molecule has 1 fully saturated rings. The minimum Gasteiger partial charge on any atom is -0.495 e. The van der Waals surface area contributed by atoms with Crippen LogP contribution in [0.2, 0.25) is 0 Å². The number of benzene rings is 2. The van der Waals surface area contributed by atoms with Crippen molar-refractivity contribution in [2.24, 2.45) is 0 Å². The lowest BCUT2D eigenvalue weighted by Gasteiger charge is -2.34. The number of hydrogen-bond acceptors (Lipinski definition) is 5. The summed E-state index contributed by atoms with van der Waals surface area (Å²) in [6.45, 7) is 6.39. The summed E-state index contributed by atoms with van der Waals surface area (Å²) in [5, 5.41) is 0. The molecule has 1 aliphatic heterocycles. The van der Waals surface area contributed by atoms with Crippen LogP contribution in [0.5, 0.6) is 11.5 Å². The van der Waals surface area contributed by atoms with Gasteiger partial charge in [0.15, 0.2) is 5.76 Å². The fourth-order valence-electron chi connectivity index (χ4n) is 3.98. The van der Waals surface area contributed by atoms with E-state index in [9.17, 15) is 4.79 Å². The van der Waals surface area contributed by atoms with Crippen LogP contribution in [0.3, 0.4) is 0 Å². The first-order valence-corrected chi connectivity index (χ1v) is 10.7. The lowest BCUT2D eigenvalue weighted by Crippen LogP contribution is -3.13. The van der Waals surface area contributed by atoms with Gasteiger partial charge in [-0.25, -0.2) is 0 Å². The van der Waals surface area contributed by atoms with Crippen LogP contribution >= 0.6 is 0 Å². The van der Waals surface area contributed by atoms with E-state index in [1.807, 2.05) is 55.5 Å². The van der Waals surface area contributed by atoms with Gasteiger partial charge in [0, 0.05) is 6.07 Å². The van der Waals surface area contributed by atoms with Gasteiger partial charge in [-0.05, 0) is 24.6 Å². The Hall–Kier alpha value is -3.25. The van der Waals surface area contributed by atoms with Crippen LogP contribution in [0.4, 0.5) is 5.69 Å². The molecule has 1 atom stereocenters. The van der Waals surface area contributed by atoms with Crippen LogP contribution < -0.4 is 24.7 Å². The van der Waals surface area contributed by atoms with Crippen LogP contribution in [0.25, 0.3) is 0 Å². The Kier molecular flexibility index (Phi) is 6.57. The molecule has 2 aromatic carbocycles. The van der Waals surface area contributed by atoms with Crippen LogP contribution in [0.1, 0.15) is 24.4 Å². The average molecular weight is 422 g/mol. The third kappa shape index (κ3) is 5.09. The van der Waals surface area contributed by atoms with Crippen molar-refractivity contribution in [1.29, 1.82) is 0 Å². The molecule has 0 amide bonds. The maximum absolute atomic E-state index is 12.5. The predicted octanol–water partition coefficient (Wildman–Crippen LogP) is 2.69. The molecule has 3 aromatic rings. The van der Waals surface area contributed by atoms with Gasteiger partial charge < -0.3 is 23.7 Å². The summed E-state index contributed by atoms with van der Waals surface area (Å²) in [5.74, 6) is 1.83. The minimum absolute atomic E-state index is 0.143. The van der Waals surface area contributed by atoms with Crippen LogP contribution in [-0.4, -0.2) is 33.3 Å². The number of anilines is 1. The third-order valence-electron chi connectivity index (χ3n) is 5.75. The fraction of sp³-hybridized carbons (Fsp3) is 0.320. The van der Waals surface area contributed by atoms with Crippen molar-refractivity contribution in [1.82, 2.24) is 0 Å². The number of rotatable bonds is 7. The summed E-state index contributed by atoms with van der Waals surface area (Å²) in [7, 11) is 1.70. The predicted molar refractivity (Wildman–Crippen MR) is 120 cm³/mol. The summed E-state index contributed by atoms with van der Waals surface area (Å²) in [5.41, 5.74) is 2.00. The van der Waals surface area contributed by atoms with Crippen LogP contribution in [-0.2, 0) is 6.54 Å². The number of piperazine rings is 1. The molecule has 1 N–H and O–H groups in total. The Bertz CT molecular complexity index is 1040. The molecule has 6 heteroatoms. The third-order valence-corrected chi connectivity index (χ3v) is 5.75. The molecule has 0 saturated carbocycles. The molecule has 0 bridgehead atoms. The second-order valence-electron chi connectivity index (χ2n) is 7.83. The Morgan fingerprint density at radius 2 is 1.74 bits per heavy atom. The summed E-state index contributed by atoms with van der Waals surface area (Å²) >= 11 is 0. The second kappa shape index (κ2) is 9.71. The molecular weight excluding hydrogens is 392 g/mol. The molecule has 1 saturated heterocycles. The van der Waals surface area contributed by atoms with E-state index in [1.165, 1.54) is 11.2 Å². The molecule has 2 heterocycles. The van der Waals surface area contributed by atoms with Crippen molar-refractivity contribution in [3.05, 3.63) is 88.5 Å². The first kappa shape index (κ1) is 21.0. The quantitative estimate of drug-likeness (QED) is 0.636. The Labute approximate surface area is 182 Å². The van der Waals surface area contributed by atoms with E-state index in [0.717, 1.165) is 43.2 Å². The summed E-state index contributed by atoms with van der Waals surface area (Å²) < 4.78 is 17.1. The van der Waals surface area contributed by atoms with Crippen molar-refractivity contribution < 1.29 is 18.8 Å². The van der Waals surface area contributed by atoms with Crippen molar-refractivity contribution in [2.75, 3.05) is 38.2 Å². The van der Waals surface area contributed by atoms with Crippen molar-refractivity contribution in [3.63, 3.8) is 0 Å². The SMILES string of the molecule is COc1ccccc1N1CC[NH+](Cc2cc(=O)c(O[C@H](C)c3ccccc3)co2)CC1. The summed E-state index contributed by atoms with van der Waals surface area (Å²) in [6, 6.07) is 19.5. The zero-order valence-corrected chi connectivity index (χ0v) is 18.0. The van der Waals surface area contributed by atoms with Crippen molar-refractivity contribution in [3.8, 4) is 11.5 Å². The molecule has 0 radical (unpaired) electrons. The summed E-state index contributed by atoms with van der Waals surface area (Å²) in [6.07, 6.45) is 1.23. The molecule has 31 heavy (non-hydrogen) atoms. The van der Waals surface area contributed by atoms with Gasteiger partial charge in [-0.2, -0.15) is 0 Å². The second-order valence-corrected chi connectivity index (χ2v) is 7.83. The van der Waals surface area contributed by atoms with Gasteiger partial charge in [0.1, 0.15) is 24.7 Å². The van der Waals surface area contributed by atoms with Gasteiger partial charge in [0.05, 0.1) is 39.0 Å². The number of hydrogen-bond donors (Lipinski definition) is 1. The van der Waals surface area contributed by atoms with Gasteiger partial charge in [-0.3, -0.25) is 4.79 Å². The molecule has 0 unspecified atom stereocenters. The van der Waals surface area contributed by atoms with Gasteiger partial charge in [0.25, 0.3) is 0 Å². The number of nitrogens with one attached hydrogen (secondary N) is 1. The van der Waals surface area contributed by atoms with E-state index in [-0.39, 0.29) is 17.3 Å². The van der Waals surface area contributed by atoms with E-state index < -0.39 is 0 Å². The first-order chi connectivity index (χ1) is 15.1. The van der Waals surface area contributed by atoms with Gasteiger partial charge >= 0.3 is 0 Å². The zero-order chi connectivity index (χ0) is 21.6. The fourth-order valence-corrected chi connectivity index (χ4v) is 3.98. The molecule has 0 aliphatic carbocycles. The lowest BCUT2D eigenvalue weighted by atomic mass is 10.1. The smallest absolute Gasteiger partial charge is 0.227 e. The standard InChI is InChI=1S/C25H28N2O4/c1-19(20-8-4-3-5-9-20)31-25-18-30-21(16-23(25)28)17-26-12-14-27(15-13-26)22-10-6-7-11-24(22)29-2/h3-11,16,18-19H,12-15,17H2,1-2H3/p+1/t19-/m1/s1. The molecule has 0 spiro atoms. The highest BCUT2D eigenvalue weighted by Crippen LogP contribution is 2.27. The molecule has 1 aliphatic rings. The van der Waals surface area contributed by atoms with Gasteiger partial charge in [-0.15, -0.1) is 0 Å². The number of quaternary nitrogens is 1. The highest BCUT2D eigenvalue weighted by atomic mass is 16.5. The Balaban J connectivity index is 1.34. The largest absolute Gasteiger partial charge is 0.495 e. The molecule has 1 aromatic heterocycles. The molecule has 162 valence electrons. The van der Waals surface area contributed by atoms with Gasteiger partial charge in [0.2, 0.25) is 11.2 Å². The monoisotopic (exact) mass is 421 g/mol. The van der Waals surface area contributed by atoms with E-state index in [1.54, 1.807) is 13.2 Å². The van der Waals surface area contributed by atoms with E-state index in [4.69, 9.17) is 13.9 Å². The zero-order valence-electron chi connectivity index (χ0n) is 18.0. The van der Waals surface area contributed by atoms with Crippen LogP contribution in [0, 0.1) is 0 Å².